The quantitative estimate of drug-likeness (QED) is 0.239. The van der Waals surface area contributed by atoms with Crippen LogP contribution in [0.1, 0.15) is 12.5 Å². The largest absolute Gasteiger partial charge is 0.493 e. The van der Waals surface area contributed by atoms with E-state index in [1.807, 2.05) is 31.2 Å². The second-order valence-corrected chi connectivity index (χ2v) is 6.93. The van der Waals surface area contributed by atoms with Crippen molar-refractivity contribution in [2.24, 2.45) is 4.99 Å². The van der Waals surface area contributed by atoms with Crippen molar-refractivity contribution in [3.63, 3.8) is 0 Å². The number of rotatable bonds is 8. The van der Waals surface area contributed by atoms with Crippen LogP contribution in [0.3, 0.4) is 0 Å². The fourth-order valence-corrected chi connectivity index (χ4v) is 3.17. The van der Waals surface area contributed by atoms with Crippen LogP contribution in [0.25, 0.3) is 0 Å². The highest BCUT2D eigenvalue weighted by Gasteiger charge is 2.10. The number of aliphatic imine (C=N–C) groups is 1. The van der Waals surface area contributed by atoms with E-state index in [0.29, 0.717) is 13.1 Å². The number of methoxy groups -OCH3 is 1. The Morgan fingerprint density at radius 2 is 1.80 bits per heavy atom. The molecule has 0 spiro atoms. The molecule has 162 valence electrons. The summed E-state index contributed by atoms with van der Waals surface area (Å²) in [6, 6.07) is 16.3. The zero-order valence-electron chi connectivity index (χ0n) is 17.8. The van der Waals surface area contributed by atoms with Gasteiger partial charge in [0.25, 0.3) is 0 Å². The molecule has 1 heterocycles. The van der Waals surface area contributed by atoms with Gasteiger partial charge in [-0.1, -0.05) is 36.4 Å². The van der Waals surface area contributed by atoms with Crippen LogP contribution in [0.5, 0.6) is 11.5 Å². The zero-order valence-corrected chi connectivity index (χ0v) is 20.1. The molecule has 0 saturated carbocycles. The Bertz CT molecular complexity index is 849. The molecule has 2 N–H and O–H groups in total. The molecule has 2 aromatic carbocycles. The van der Waals surface area contributed by atoms with Gasteiger partial charge in [0.05, 0.1) is 13.7 Å². The molecule has 1 aliphatic rings. The molecule has 1 unspecified atom stereocenters. The first-order chi connectivity index (χ1) is 14.2. The Labute approximate surface area is 196 Å². The Morgan fingerprint density at radius 1 is 1.07 bits per heavy atom. The number of hydrogen-bond acceptors (Lipinski definition) is 4. The van der Waals surface area contributed by atoms with Crippen molar-refractivity contribution in [2.45, 2.75) is 19.6 Å². The van der Waals surface area contributed by atoms with Crippen molar-refractivity contribution in [1.29, 1.82) is 0 Å². The van der Waals surface area contributed by atoms with Gasteiger partial charge in [-0.05, 0) is 36.8 Å². The summed E-state index contributed by atoms with van der Waals surface area (Å²) in [6.45, 7) is 5.29. The van der Waals surface area contributed by atoms with E-state index in [2.05, 4.69) is 56.9 Å². The van der Waals surface area contributed by atoms with Crippen molar-refractivity contribution in [3.05, 3.63) is 66.2 Å². The lowest BCUT2D eigenvalue weighted by molar-refractivity contribution is 0.213. The molecule has 1 aliphatic heterocycles. The number of para-hydroxylation sites is 2. The summed E-state index contributed by atoms with van der Waals surface area (Å²) in [5, 5.41) is 6.69. The molecule has 0 radical (unpaired) electrons. The van der Waals surface area contributed by atoms with Gasteiger partial charge in [-0.2, -0.15) is 0 Å². The third kappa shape index (κ3) is 6.83. The Balaban J connectivity index is 0.00000320. The van der Waals surface area contributed by atoms with Crippen LogP contribution in [0.4, 0.5) is 5.69 Å². The van der Waals surface area contributed by atoms with Crippen molar-refractivity contribution in [2.75, 3.05) is 38.7 Å². The molecule has 0 amide bonds. The number of hydrogen-bond donors (Lipinski definition) is 2. The van der Waals surface area contributed by atoms with E-state index >= 15 is 0 Å². The zero-order chi connectivity index (χ0) is 20.5. The maximum absolute atomic E-state index is 5.99. The summed E-state index contributed by atoms with van der Waals surface area (Å²) in [6.07, 6.45) is 4.35. The fourth-order valence-electron chi connectivity index (χ4n) is 3.17. The lowest BCUT2D eigenvalue weighted by Crippen LogP contribution is -2.41. The highest BCUT2D eigenvalue weighted by Crippen LogP contribution is 2.26. The van der Waals surface area contributed by atoms with Crippen LogP contribution in [0, 0.1) is 0 Å². The van der Waals surface area contributed by atoms with E-state index in [1.54, 1.807) is 14.2 Å². The number of nitrogens with zero attached hydrogens (tertiary/aromatic N) is 2. The van der Waals surface area contributed by atoms with E-state index in [4.69, 9.17) is 9.47 Å². The Hall–Kier alpha value is -2.42. The van der Waals surface area contributed by atoms with Crippen molar-refractivity contribution in [1.82, 2.24) is 10.6 Å². The monoisotopic (exact) mass is 522 g/mol. The van der Waals surface area contributed by atoms with Crippen molar-refractivity contribution in [3.8, 4) is 11.5 Å². The third-order valence-corrected chi connectivity index (χ3v) is 4.73. The molecular weight excluding hydrogens is 491 g/mol. The van der Waals surface area contributed by atoms with Gasteiger partial charge < -0.3 is 25.0 Å². The van der Waals surface area contributed by atoms with E-state index in [0.717, 1.165) is 30.5 Å². The summed E-state index contributed by atoms with van der Waals surface area (Å²) in [4.78, 5) is 6.65. The van der Waals surface area contributed by atoms with Crippen LogP contribution in [0.2, 0.25) is 0 Å². The first kappa shape index (κ1) is 23.9. The highest BCUT2D eigenvalue weighted by molar-refractivity contribution is 14.0. The molecule has 2 aromatic rings. The van der Waals surface area contributed by atoms with Crippen LogP contribution >= 0.6 is 24.0 Å². The normalized spacial score (nSPS) is 14.1. The number of nitrogens with one attached hydrogen (secondary N) is 2. The molecule has 6 nitrogen and oxygen atoms in total. The Morgan fingerprint density at radius 3 is 2.50 bits per heavy atom. The minimum atomic E-state index is -0.0455. The summed E-state index contributed by atoms with van der Waals surface area (Å²) in [5.74, 6) is 2.21. The summed E-state index contributed by atoms with van der Waals surface area (Å²) < 4.78 is 11.3. The average Bonchev–Trinajstić information content (AvgIpc) is 3.29. The van der Waals surface area contributed by atoms with Gasteiger partial charge in [-0.15, -0.1) is 24.0 Å². The van der Waals surface area contributed by atoms with Gasteiger partial charge >= 0.3 is 0 Å². The molecule has 0 bridgehead atoms. The molecular formula is C23H31IN4O2. The predicted octanol–water partition coefficient (Wildman–Crippen LogP) is 3.82. The average molecular weight is 522 g/mol. The smallest absolute Gasteiger partial charge is 0.191 e. The maximum atomic E-state index is 5.99. The lowest BCUT2D eigenvalue weighted by atomic mass is 10.2. The SMILES string of the molecule is CN=C(NCc1cccc(N2CC=CC2)c1)NCC(C)Oc1ccccc1OC.I. The number of ether oxygens (including phenoxy) is 2. The molecule has 30 heavy (non-hydrogen) atoms. The highest BCUT2D eigenvalue weighted by atomic mass is 127. The molecule has 3 rings (SSSR count). The number of halogens is 1. The molecule has 0 saturated heterocycles. The molecule has 0 aromatic heterocycles. The summed E-state index contributed by atoms with van der Waals surface area (Å²) in [5.41, 5.74) is 2.46. The maximum Gasteiger partial charge on any atom is 0.191 e. The van der Waals surface area contributed by atoms with E-state index in [9.17, 15) is 0 Å². The minimum Gasteiger partial charge on any atom is -0.493 e. The molecule has 7 heteroatoms. The van der Waals surface area contributed by atoms with Gasteiger partial charge in [0.1, 0.15) is 6.10 Å². The first-order valence-electron chi connectivity index (χ1n) is 9.92. The molecule has 0 fully saturated rings. The molecule has 1 atom stereocenters. The second-order valence-electron chi connectivity index (χ2n) is 6.93. The Kier molecular flexibility index (Phi) is 9.79. The lowest BCUT2D eigenvalue weighted by Gasteiger charge is -2.20. The van der Waals surface area contributed by atoms with Crippen LogP contribution in [0.15, 0.2) is 65.7 Å². The van der Waals surface area contributed by atoms with Gasteiger partial charge in [0, 0.05) is 32.4 Å². The number of benzene rings is 2. The van der Waals surface area contributed by atoms with Crippen LogP contribution in [-0.2, 0) is 6.54 Å². The van der Waals surface area contributed by atoms with E-state index in [1.165, 1.54) is 11.3 Å². The number of anilines is 1. The van der Waals surface area contributed by atoms with Gasteiger partial charge in [-0.25, -0.2) is 0 Å². The van der Waals surface area contributed by atoms with Crippen molar-refractivity contribution >= 4 is 35.6 Å². The predicted molar refractivity (Wildman–Crippen MR) is 134 cm³/mol. The van der Waals surface area contributed by atoms with Gasteiger partial charge in [-0.3, -0.25) is 4.99 Å². The first-order valence-corrected chi connectivity index (χ1v) is 9.92. The standard InChI is InChI=1S/C23H30N4O2.HI/c1-18(29-22-12-5-4-11-21(22)28-3)16-25-23(24-2)26-17-19-9-8-10-20(15-19)27-13-6-7-14-27;/h4-12,15,18H,13-14,16-17H2,1-3H3,(H2,24,25,26);1H. The van der Waals surface area contributed by atoms with Gasteiger partial charge in [0.15, 0.2) is 17.5 Å². The summed E-state index contributed by atoms with van der Waals surface area (Å²) >= 11 is 0. The van der Waals surface area contributed by atoms with E-state index in [-0.39, 0.29) is 30.1 Å². The van der Waals surface area contributed by atoms with Gasteiger partial charge in [0.2, 0.25) is 0 Å². The minimum absolute atomic E-state index is 0. The number of guanidine groups is 1. The van der Waals surface area contributed by atoms with Crippen LogP contribution in [-0.4, -0.2) is 45.9 Å². The third-order valence-electron chi connectivity index (χ3n) is 4.73. The fraction of sp³-hybridized carbons (Fsp3) is 0.348. The van der Waals surface area contributed by atoms with E-state index < -0.39 is 0 Å². The topological polar surface area (TPSA) is 58.1 Å². The second kappa shape index (κ2) is 12.3. The molecule has 0 aliphatic carbocycles. The van der Waals surface area contributed by atoms with Crippen molar-refractivity contribution < 1.29 is 9.47 Å². The summed E-state index contributed by atoms with van der Waals surface area (Å²) in [7, 11) is 3.42. The van der Waals surface area contributed by atoms with Crippen LogP contribution < -0.4 is 25.0 Å².